The van der Waals surface area contributed by atoms with Crippen molar-refractivity contribution >= 4 is 23.8 Å². The predicted octanol–water partition coefficient (Wildman–Crippen LogP) is 2.73. The van der Waals surface area contributed by atoms with Crippen LogP contribution >= 0.6 is 0 Å². The molecule has 0 aromatic rings. The van der Waals surface area contributed by atoms with Gasteiger partial charge in [0.2, 0.25) is 11.8 Å². The van der Waals surface area contributed by atoms with Gasteiger partial charge in [0.15, 0.2) is 0 Å². The summed E-state index contributed by atoms with van der Waals surface area (Å²) in [7, 11) is 4.12. The summed E-state index contributed by atoms with van der Waals surface area (Å²) in [6.07, 6.45) is 2.18. The third-order valence-electron chi connectivity index (χ3n) is 10.7. The van der Waals surface area contributed by atoms with E-state index in [2.05, 4.69) is 77.6 Å². The molecule has 40 heavy (non-hydrogen) atoms. The number of piperidine rings is 2. The Morgan fingerprint density at radius 2 is 1.23 bits per heavy atom. The van der Waals surface area contributed by atoms with Crippen LogP contribution in [0, 0.1) is 5.41 Å². The molecular formula is C30H51N5O5. The van der Waals surface area contributed by atoms with E-state index in [9.17, 15) is 24.3 Å². The van der Waals surface area contributed by atoms with Crippen molar-refractivity contribution in [2.75, 3.05) is 27.2 Å². The fraction of sp³-hybridized carbons (Fsp3) is 0.867. The Morgan fingerprint density at radius 3 is 1.73 bits per heavy atom. The smallest absolute Gasteiger partial charge is 0.325 e. The minimum Gasteiger partial charge on any atom is -0.391 e. The number of hydrogen-bond donors (Lipinski definition) is 2. The van der Waals surface area contributed by atoms with Crippen molar-refractivity contribution in [3.8, 4) is 0 Å². The quantitative estimate of drug-likeness (QED) is 0.379. The molecule has 1 atom stereocenters. The first-order valence-corrected chi connectivity index (χ1v) is 14.7. The molecule has 0 saturated carbocycles. The summed E-state index contributed by atoms with van der Waals surface area (Å²) in [5.74, 6) is -0.547. The lowest BCUT2D eigenvalue weighted by Crippen LogP contribution is -2.68. The van der Waals surface area contributed by atoms with Crippen molar-refractivity contribution in [2.45, 2.75) is 134 Å². The predicted molar refractivity (Wildman–Crippen MR) is 152 cm³/mol. The van der Waals surface area contributed by atoms with E-state index < -0.39 is 23.1 Å². The zero-order chi connectivity index (χ0) is 30.3. The van der Waals surface area contributed by atoms with Crippen LogP contribution in [0.4, 0.5) is 4.79 Å². The Labute approximate surface area is 239 Å². The Kier molecular flexibility index (Phi) is 7.33. The van der Waals surface area contributed by atoms with Gasteiger partial charge in [-0.1, -0.05) is 0 Å². The zero-order valence-electron chi connectivity index (χ0n) is 26.3. The minimum atomic E-state index is -0.991. The second kappa shape index (κ2) is 9.49. The van der Waals surface area contributed by atoms with Gasteiger partial charge >= 0.3 is 6.03 Å². The van der Waals surface area contributed by atoms with Crippen LogP contribution < -0.4 is 5.32 Å². The number of nitrogens with one attached hydrogen (secondary N) is 1. The minimum absolute atomic E-state index is 0.107. The van der Waals surface area contributed by atoms with Gasteiger partial charge in [-0.25, -0.2) is 4.79 Å². The van der Waals surface area contributed by atoms with Gasteiger partial charge in [-0.3, -0.25) is 34.0 Å². The lowest BCUT2D eigenvalue weighted by Gasteiger charge is -2.56. The molecule has 4 heterocycles. The lowest BCUT2D eigenvalue weighted by atomic mass is 9.63. The number of hydrogen-bond acceptors (Lipinski definition) is 7. The molecule has 4 aliphatic heterocycles. The molecule has 0 aromatic heterocycles. The van der Waals surface area contributed by atoms with Crippen molar-refractivity contribution in [3.05, 3.63) is 0 Å². The van der Waals surface area contributed by atoms with Crippen LogP contribution in [-0.4, -0.2) is 109 Å². The Bertz CT molecular complexity index is 1060. The topological polar surface area (TPSA) is 114 Å². The molecular weight excluding hydrogens is 510 g/mol. The summed E-state index contributed by atoms with van der Waals surface area (Å²) < 4.78 is 0. The molecule has 0 radical (unpaired) electrons. The molecule has 2 spiro atoms. The Hall–Kier alpha value is -2.04. The largest absolute Gasteiger partial charge is 0.391 e. The number of imide groups is 2. The van der Waals surface area contributed by atoms with E-state index >= 15 is 0 Å². The lowest BCUT2D eigenvalue weighted by molar-refractivity contribution is -0.149. The molecule has 226 valence electrons. The number of likely N-dealkylation sites (tertiary alicyclic amines) is 3. The van der Waals surface area contributed by atoms with Crippen LogP contribution in [0.15, 0.2) is 0 Å². The van der Waals surface area contributed by atoms with E-state index in [4.69, 9.17) is 0 Å². The number of rotatable bonds is 6. The maximum atomic E-state index is 13.6. The highest BCUT2D eigenvalue weighted by molar-refractivity contribution is 6.07. The fourth-order valence-corrected chi connectivity index (χ4v) is 8.60. The van der Waals surface area contributed by atoms with Gasteiger partial charge in [0, 0.05) is 35.1 Å². The Balaban J connectivity index is 1.36. The van der Waals surface area contributed by atoms with Gasteiger partial charge in [0.25, 0.3) is 5.91 Å². The first-order valence-electron chi connectivity index (χ1n) is 14.7. The van der Waals surface area contributed by atoms with E-state index in [1.165, 1.54) is 4.90 Å². The second-order valence-corrected chi connectivity index (χ2v) is 15.6. The highest BCUT2D eigenvalue weighted by Gasteiger charge is 2.61. The summed E-state index contributed by atoms with van der Waals surface area (Å²) in [5.41, 5.74) is -2.73. The molecule has 0 aliphatic carbocycles. The van der Waals surface area contributed by atoms with Crippen molar-refractivity contribution in [2.24, 2.45) is 5.41 Å². The number of β-amino-alcohol motifs (C(OH)–C–C–N with tert-alkyl or cyclic N) is 1. The summed E-state index contributed by atoms with van der Waals surface area (Å²) in [5, 5.41) is 13.8. The summed E-state index contributed by atoms with van der Waals surface area (Å²) >= 11 is 0. The fourth-order valence-electron chi connectivity index (χ4n) is 8.60. The summed E-state index contributed by atoms with van der Waals surface area (Å²) in [6.45, 7) is 16.9. The van der Waals surface area contributed by atoms with Gasteiger partial charge < -0.3 is 10.4 Å². The zero-order valence-corrected chi connectivity index (χ0v) is 26.3. The van der Waals surface area contributed by atoms with Crippen molar-refractivity contribution in [1.82, 2.24) is 24.9 Å². The molecule has 5 amide bonds. The van der Waals surface area contributed by atoms with E-state index in [1.807, 2.05) is 7.05 Å². The highest BCUT2D eigenvalue weighted by Crippen LogP contribution is 2.53. The van der Waals surface area contributed by atoms with Crippen LogP contribution in [0.2, 0.25) is 0 Å². The monoisotopic (exact) mass is 561 g/mol. The SMILES string of the molecule is CN1C(C)(C)CC2(CC(=O)N(CCCC(O)CN3C(=O)NC4(CC(C)(C)N(C)C(C)(C)C4)C3=O)C2=O)CC1(C)C. The molecule has 4 saturated heterocycles. The van der Waals surface area contributed by atoms with E-state index in [0.717, 1.165) is 4.90 Å². The van der Waals surface area contributed by atoms with Crippen LogP contribution in [0.25, 0.3) is 0 Å². The molecule has 4 fully saturated rings. The van der Waals surface area contributed by atoms with Crippen LogP contribution in [0.3, 0.4) is 0 Å². The Morgan fingerprint density at radius 1 is 0.750 bits per heavy atom. The van der Waals surface area contributed by atoms with Crippen LogP contribution in [0.5, 0.6) is 0 Å². The van der Waals surface area contributed by atoms with Gasteiger partial charge in [0.05, 0.1) is 18.1 Å². The normalized spacial score (nSPS) is 29.5. The van der Waals surface area contributed by atoms with Crippen molar-refractivity contribution in [3.63, 3.8) is 0 Å². The van der Waals surface area contributed by atoms with E-state index in [1.54, 1.807) is 0 Å². The molecule has 10 nitrogen and oxygen atoms in total. The number of amides is 5. The first-order chi connectivity index (χ1) is 18.1. The number of aliphatic hydroxyl groups excluding tert-OH is 1. The average molecular weight is 562 g/mol. The number of carbonyl (C=O) groups is 4. The molecule has 0 aromatic carbocycles. The van der Waals surface area contributed by atoms with Gasteiger partial charge in [-0.15, -0.1) is 0 Å². The molecule has 2 N–H and O–H groups in total. The van der Waals surface area contributed by atoms with Gasteiger partial charge in [-0.05, 0) is 108 Å². The van der Waals surface area contributed by atoms with E-state index in [-0.39, 0.29) is 65.8 Å². The highest BCUT2D eigenvalue weighted by atomic mass is 16.3. The number of carbonyl (C=O) groups excluding carboxylic acids is 4. The molecule has 4 rings (SSSR count). The van der Waals surface area contributed by atoms with Crippen molar-refractivity contribution in [1.29, 1.82) is 0 Å². The van der Waals surface area contributed by atoms with E-state index in [0.29, 0.717) is 32.1 Å². The molecule has 4 aliphatic rings. The standard InChI is InChI=1S/C30H51N5O5/c1-25(2)16-29(17-26(3,4)32(25)9)14-21(37)34(22(29)38)13-11-12-20(36)15-35-23(39)30(31-24(35)40)18-27(5,6)33(10)28(7,8)19-30/h20,36H,11-19H2,1-10H3,(H,31,40). The van der Waals surface area contributed by atoms with Crippen molar-refractivity contribution < 1.29 is 24.3 Å². The van der Waals surface area contributed by atoms with Crippen LogP contribution in [-0.2, 0) is 14.4 Å². The number of nitrogens with zero attached hydrogens (tertiary/aromatic N) is 4. The summed E-state index contributed by atoms with van der Waals surface area (Å²) in [6, 6.07) is -0.473. The second-order valence-electron chi connectivity index (χ2n) is 15.6. The maximum Gasteiger partial charge on any atom is 0.325 e. The molecule has 0 bridgehead atoms. The van der Waals surface area contributed by atoms with Gasteiger partial charge in [0.1, 0.15) is 5.54 Å². The average Bonchev–Trinajstić information content (AvgIpc) is 3.13. The molecule has 10 heteroatoms. The first kappa shape index (κ1) is 30.9. The van der Waals surface area contributed by atoms with Gasteiger partial charge in [-0.2, -0.15) is 0 Å². The third-order valence-corrected chi connectivity index (χ3v) is 10.7. The number of urea groups is 1. The number of aliphatic hydroxyl groups is 1. The maximum absolute atomic E-state index is 13.6. The summed E-state index contributed by atoms with van der Waals surface area (Å²) in [4.78, 5) is 60.2. The van der Waals surface area contributed by atoms with Crippen LogP contribution in [0.1, 0.15) is 100 Å². The third kappa shape index (κ3) is 4.98. The molecule has 1 unspecified atom stereocenters.